The summed E-state index contributed by atoms with van der Waals surface area (Å²) in [5, 5.41) is 11.2. The van der Waals surface area contributed by atoms with Crippen molar-refractivity contribution < 1.29 is 14.0 Å². The number of urea groups is 1. The lowest BCUT2D eigenvalue weighted by Gasteiger charge is -2.08. The minimum atomic E-state index is -0.390. The van der Waals surface area contributed by atoms with Crippen LogP contribution in [0.15, 0.2) is 29.6 Å². The molecule has 6 nitrogen and oxygen atoms in total. The molecule has 0 spiro atoms. The highest BCUT2D eigenvalue weighted by atomic mass is 32.1. The van der Waals surface area contributed by atoms with Crippen molar-refractivity contribution in [1.29, 1.82) is 0 Å². The van der Waals surface area contributed by atoms with E-state index in [0.717, 1.165) is 10.7 Å². The van der Waals surface area contributed by atoms with E-state index in [0.29, 0.717) is 24.6 Å². The zero-order chi connectivity index (χ0) is 17.6. The molecule has 0 saturated heterocycles. The largest absolute Gasteiger partial charge is 0.350 e. The summed E-state index contributed by atoms with van der Waals surface area (Å²) in [7, 11) is 0. The number of nitrogens with one attached hydrogen (secondary N) is 3. The Morgan fingerprint density at radius 3 is 2.56 bits per heavy atom. The summed E-state index contributed by atoms with van der Waals surface area (Å²) < 4.78 is 12.8. The molecule has 1 saturated carbocycles. The highest BCUT2D eigenvalue weighted by Gasteiger charge is 2.26. The van der Waals surface area contributed by atoms with E-state index in [9.17, 15) is 14.0 Å². The zero-order valence-electron chi connectivity index (χ0n) is 13.5. The van der Waals surface area contributed by atoms with Crippen molar-refractivity contribution in [2.24, 2.45) is 0 Å². The van der Waals surface area contributed by atoms with Crippen LogP contribution in [0.25, 0.3) is 0 Å². The highest BCUT2D eigenvalue weighted by molar-refractivity contribution is 7.09. The maximum absolute atomic E-state index is 12.8. The van der Waals surface area contributed by atoms with Gasteiger partial charge in [-0.3, -0.25) is 4.79 Å². The van der Waals surface area contributed by atoms with Gasteiger partial charge in [0.25, 0.3) is 5.91 Å². The molecule has 3 amide bonds. The molecule has 8 heteroatoms. The average molecular weight is 362 g/mol. The summed E-state index contributed by atoms with van der Waals surface area (Å²) >= 11 is 1.64. The van der Waals surface area contributed by atoms with Crippen LogP contribution in [0.1, 0.15) is 39.8 Å². The molecule has 1 heterocycles. The number of aromatic nitrogens is 1. The molecule has 0 radical (unpaired) electrons. The number of carbonyl (C=O) groups excluding carboxylic acids is 2. The van der Waals surface area contributed by atoms with Gasteiger partial charge in [0.2, 0.25) is 0 Å². The minimum Gasteiger partial charge on any atom is -0.350 e. The number of carbonyl (C=O) groups is 2. The van der Waals surface area contributed by atoms with Crippen LogP contribution < -0.4 is 16.0 Å². The van der Waals surface area contributed by atoms with Crippen molar-refractivity contribution in [2.45, 2.75) is 25.3 Å². The van der Waals surface area contributed by atoms with Crippen LogP contribution in [0.5, 0.6) is 0 Å². The Labute approximate surface area is 148 Å². The zero-order valence-corrected chi connectivity index (χ0v) is 14.4. The fraction of sp³-hybridized carbons (Fsp3) is 0.353. The van der Waals surface area contributed by atoms with Crippen LogP contribution in [0.4, 0.5) is 9.18 Å². The van der Waals surface area contributed by atoms with Gasteiger partial charge in [-0.2, -0.15) is 0 Å². The average Bonchev–Trinajstić information content (AvgIpc) is 3.36. The van der Waals surface area contributed by atoms with E-state index < -0.39 is 0 Å². The molecule has 0 bridgehead atoms. The number of amides is 3. The van der Waals surface area contributed by atoms with Crippen LogP contribution in [-0.2, 0) is 6.54 Å². The van der Waals surface area contributed by atoms with Gasteiger partial charge in [0.05, 0.1) is 17.2 Å². The molecule has 1 aliphatic rings. The van der Waals surface area contributed by atoms with Crippen molar-refractivity contribution in [3.63, 3.8) is 0 Å². The molecule has 25 heavy (non-hydrogen) atoms. The lowest BCUT2D eigenvalue weighted by atomic mass is 10.2. The summed E-state index contributed by atoms with van der Waals surface area (Å²) in [4.78, 5) is 28.0. The number of rotatable bonds is 7. The first-order chi connectivity index (χ1) is 12.1. The van der Waals surface area contributed by atoms with Gasteiger partial charge in [-0.15, -0.1) is 11.3 Å². The summed E-state index contributed by atoms with van der Waals surface area (Å²) in [5.41, 5.74) is 1.24. The van der Waals surface area contributed by atoms with Crippen molar-refractivity contribution >= 4 is 23.3 Å². The maximum atomic E-state index is 12.8. The number of hydrogen-bond donors (Lipinski definition) is 3. The van der Waals surface area contributed by atoms with Crippen LogP contribution in [0.3, 0.4) is 0 Å². The molecule has 1 aromatic heterocycles. The Morgan fingerprint density at radius 1 is 1.12 bits per heavy atom. The Morgan fingerprint density at radius 2 is 1.84 bits per heavy atom. The van der Waals surface area contributed by atoms with Crippen molar-refractivity contribution in [3.8, 4) is 0 Å². The smallest absolute Gasteiger partial charge is 0.315 e. The first-order valence-electron chi connectivity index (χ1n) is 8.11. The van der Waals surface area contributed by atoms with Crippen LogP contribution in [0.2, 0.25) is 0 Å². The number of benzene rings is 1. The Bertz CT molecular complexity index is 743. The van der Waals surface area contributed by atoms with E-state index in [4.69, 9.17) is 0 Å². The van der Waals surface area contributed by atoms with Gasteiger partial charge in [0, 0.05) is 30.0 Å². The predicted molar refractivity (Wildman–Crippen MR) is 93.1 cm³/mol. The maximum Gasteiger partial charge on any atom is 0.315 e. The summed E-state index contributed by atoms with van der Waals surface area (Å²) in [6.45, 7) is 0.965. The Kier molecular flexibility index (Phi) is 5.60. The third-order valence-corrected chi connectivity index (χ3v) is 4.78. The molecule has 1 aromatic carbocycles. The summed E-state index contributed by atoms with van der Waals surface area (Å²) in [6.07, 6.45) is 2.43. The monoisotopic (exact) mass is 362 g/mol. The van der Waals surface area contributed by atoms with E-state index in [-0.39, 0.29) is 24.3 Å². The fourth-order valence-electron chi connectivity index (χ4n) is 2.21. The van der Waals surface area contributed by atoms with Gasteiger partial charge in [-0.1, -0.05) is 0 Å². The minimum absolute atomic E-state index is 0.284. The third-order valence-electron chi connectivity index (χ3n) is 3.73. The van der Waals surface area contributed by atoms with Gasteiger partial charge in [-0.05, 0) is 37.1 Å². The first kappa shape index (κ1) is 17.3. The Balaban J connectivity index is 1.30. The van der Waals surface area contributed by atoms with E-state index in [1.807, 2.05) is 5.38 Å². The van der Waals surface area contributed by atoms with Crippen molar-refractivity contribution in [2.75, 3.05) is 13.1 Å². The van der Waals surface area contributed by atoms with Crippen molar-refractivity contribution in [3.05, 3.63) is 51.7 Å². The second-order valence-electron chi connectivity index (χ2n) is 5.82. The molecule has 0 aliphatic heterocycles. The summed E-state index contributed by atoms with van der Waals surface area (Å²) in [5.74, 6) is -0.0752. The molecule has 0 unspecified atom stereocenters. The fourth-order valence-corrected chi connectivity index (χ4v) is 3.20. The van der Waals surface area contributed by atoms with E-state index in [1.165, 1.54) is 37.1 Å². The number of hydrogen-bond acceptors (Lipinski definition) is 4. The van der Waals surface area contributed by atoms with Gasteiger partial charge >= 0.3 is 6.03 Å². The predicted octanol–water partition coefficient (Wildman–Crippen LogP) is 2.39. The molecule has 0 atom stereocenters. The van der Waals surface area contributed by atoms with Crippen LogP contribution in [0, 0.1) is 5.82 Å². The van der Waals surface area contributed by atoms with E-state index >= 15 is 0 Å². The molecule has 3 rings (SSSR count). The third kappa shape index (κ3) is 5.25. The molecular weight excluding hydrogens is 343 g/mol. The lowest BCUT2D eigenvalue weighted by molar-refractivity contribution is 0.0954. The first-order valence-corrected chi connectivity index (χ1v) is 8.99. The standard InChI is InChI=1S/C17H19FN4O2S/c18-13-5-3-11(4-6-13)15(23)19-7-8-20-17(24)21-9-14-10-25-16(22-14)12-1-2-12/h3-6,10,12H,1-2,7-9H2,(H,19,23)(H2,20,21,24). The second kappa shape index (κ2) is 8.06. The number of nitrogens with zero attached hydrogens (tertiary/aromatic N) is 1. The normalized spacial score (nSPS) is 13.3. The highest BCUT2D eigenvalue weighted by Crippen LogP contribution is 2.41. The quantitative estimate of drug-likeness (QED) is 0.662. The molecule has 132 valence electrons. The van der Waals surface area contributed by atoms with Gasteiger partial charge in [-0.25, -0.2) is 14.2 Å². The second-order valence-corrected chi connectivity index (χ2v) is 6.71. The van der Waals surface area contributed by atoms with Crippen LogP contribution in [-0.4, -0.2) is 30.0 Å². The number of halogens is 1. The molecule has 3 N–H and O–H groups in total. The summed E-state index contributed by atoms with van der Waals surface area (Å²) in [6, 6.07) is 4.97. The molecular formula is C17H19FN4O2S. The lowest BCUT2D eigenvalue weighted by Crippen LogP contribution is -2.40. The molecule has 1 aliphatic carbocycles. The van der Waals surface area contributed by atoms with Crippen LogP contribution >= 0.6 is 11.3 Å². The van der Waals surface area contributed by atoms with Gasteiger partial charge < -0.3 is 16.0 Å². The SMILES string of the molecule is O=C(NCCNC(=O)c1ccc(F)cc1)NCc1csc(C2CC2)n1. The molecule has 1 fully saturated rings. The van der Waals surface area contributed by atoms with Gasteiger partial charge in [0.1, 0.15) is 5.82 Å². The number of thiazole rings is 1. The van der Waals surface area contributed by atoms with Crippen molar-refractivity contribution in [1.82, 2.24) is 20.9 Å². The van der Waals surface area contributed by atoms with Gasteiger partial charge in [0.15, 0.2) is 0 Å². The molecule has 2 aromatic rings. The Hall–Kier alpha value is -2.48. The van der Waals surface area contributed by atoms with E-state index in [2.05, 4.69) is 20.9 Å². The van der Waals surface area contributed by atoms with E-state index in [1.54, 1.807) is 11.3 Å². The topological polar surface area (TPSA) is 83.1 Å².